The number of piperazine rings is 1. The van der Waals surface area contributed by atoms with E-state index in [1.165, 1.54) is 0 Å². The highest BCUT2D eigenvalue weighted by atomic mass is 32.2. The molecule has 1 aliphatic rings. The summed E-state index contributed by atoms with van der Waals surface area (Å²) in [6, 6.07) is 20.2. The van der Waals surface area contributed by atoms with Crippen LogP contribution < -0.4 is 10.2 Å². The number of carbonyl (C=O) groups is 1. The summed E-state index contributed by atoms with van der Waals surface area (Å²) in [4.78, 5) is 26.8. The Bertz CT molecular complexity index is 1080. The standard InChI is InChI=1S/C26H31N5OS/c1-19(2)27-25(32)22-11-7-8-20(16-22)18-33-26-28-23(21-9-5-4-6-10-21)17-24(29-26)31-14-12-30(3)13-15-31/h4-11,16-17,19H,12-15,18H2,1-3H3,(H,27,32). The second-order valence-electron chi connectivity index (χ2n) is 8.67. The number of benzene rings is 2. The van der Waals surface area contributed by atoms with Crippen molar-refractivity contribution in [3.8, 4) is 11.3 Å². The molecule has 0 bridgehead atoms. The normalized spacial score (nSPS) is 14.5. The lowest BCUT2D eigenvalue weighted by Crippen LogP contribution is -2.44. The average molecular weight is 462 g/mol. The van der Waals surface area contributed by atoms with Gasteiger partial charge in [0.05, 0.1) is 5.69 Å². The molecule has 7 heteroatoms. The van der Waals surface area contributed by atoms with Crippen molar-refractivity contribution in [2.75, 3.05) is 38.1 Å². The molecule has 0 unspecified atom stereocenters. The Kier molecular flexibility index (Phi) is 7.62. The third-order valence-electron chi connectivity index (χ3n) is 5.57. The van der Waals surface area contributed by atoms with E-state index in [1.54, 1.807) is 11.8 Å². The van der Waals surface area contributed by atoms with Crippen LogP contribution in [0, 0.1) is 0 Å². The van der Waals surface area contributed by atoms with Gasteiger partial charge < -0.3 is 15.1 Å². The van der Waals surface area contributed by atoms with E-state index in [0.717, 1.165) is 54.0 Å². The molecule has 0 radical (unpaired) electrons. The first-order chi connectivity index (χ1) is 16.0. The summed E-state index contributed by atoms with van der Waals surface area (Å²) in [5, 5.41) is 3.71. The largest absolute Gasteiger partial charge is 0.354 e. The van der Waals surface area contributed by atoms with Gasteiger partial charge in [-0.15, -0.1) is 0 Å². The van der Waals surface area contributed by atoms with Gasteiger partial charge in [-0.3, -0.25) is 4.79 Å². The van der Waals surface area contributed by atoms with Crippen molar-refractivity contribution in [3.05, 3.63) is 71.8 Å². The van der Waals surface area contributed by atoms with Crippen molar-refractivity contribution in [1.82, 2.24) is 20.2 Å². The van der Waals surface area contributed by atoms with Gasteiger partial charge in [-0.05, 0) is 38.6 Å². The molecule has 1 amide bonds. The first-order valence-electron chi connectivity index (χ1n) is 11.4. The molecule has 0 atom stereocenters. The van der Waals surface area contributed by atoms with Crippen LogP contribution in [0.1, 0.15) is 29.8 Å². The molecule has 1 fully saturated rings. The Balaban J connectivity index is 1.56. The van der Waals surface area contributed by atoms with Crippen LogP contribution in [0.4, 0.5) is 5.82 Å². The van der Waals surface area contributed by atoms with Gasteiger partial charge in [0.1, 0.15) is 5.82 Å². The van der Waals surface area contributed by atoms with Gasteiger partial charge in [-0.2, -0.15) is 0 Å². The SMILES string of the molecule is CC(C)NC(=O)c1cccc(CSc2nc(-c3ccccc3)cc(N3CCN(C)CC3)n2)c1. The quantitative estimate of drug-likeness (QED) is 0.418. The van der Waals surface area contributed by atoms with Gasteiger partial charge in [0, 0.05) is 55.2 Å². The van der Waals surface area contributed by atoms with Gasteiger partial charge >= 0.3 is 0 Å². The van der Waals surface area contributed by atoms with Crippen LogP contribution in [-0.2, 0) is 5.75 Å². The fourth-order valence-electron chi connectivity index (χ4n) is 3.73. The highest BCUT2D eigenvalue weighted by Gasteiger charge is 2.18. The summed E-state index contributed by atoms with van der Waals surface area (Å²) in [6.07, 6.45) is 0. The molecule has 0 saturated carbocycles. The second kappa shape index (κ2) is 10.8. The molecule has 2 aromatic carbocycles. The third-order valence-corrected chi connectivity index (χ3v) is 6.48. The van der Waals surface area contributed by atoms with Crippen LogP contribution in [0.2, 0.25) is 0 Å². The molecule has 2 heterocycles. The molecule has 6 nitrogen and oxygen atoms in total. The van der Waals surface area contributed by atoms with E-state index in [0.29, 0.717) is 11.3 Å². The summed E-state index contributed by atoms with van der Waals surface area (Å²) < 4.78 is 0. The van der Waals surface area contributed by atoms with Crippen LogP contribution in [-0.4, -0.2) is 60.0 Å². The van der Waals surface area contributed by atoms with Gasteiger partial charge in [-0.25, -0.2) is 9.97 Å². The summed E-state index contributed by atoms with van der Waals surface area (Å²) >= 11 is 1.60. The van der Waals surface area contributed by atoms with Crippen LogP contribution >= 0.6 is 11.8 Å². The number of rotatable bonds is 7. The first-order valence-corrected chi connectivity index (χ1v) is 12.4. The molecule has 0 spiro atoms. The molecule has 4 rings (SSSR count). The van der Waals surface area contributed by atoms with Crippen LogP contribution in [0.15, 0.2) is 65.8 Å². The van der Waals surface area contributed by atoms with Crippen molar-refractivity contribution in [1.29, 1.82) is 0 Å². The van der Waals surface area contributed by atoms with Gasteiger partial charge in [0.15, 0.2) is 5.16 Å². The van der Waals surface area contributed by atoms with Crippen molar-refractivity contribution < 1.29 is 4.79 Å². The van der Waals surface area contributed by atoms with Gasteiger partial charge in [-0.1, -0.05) is 54.2 Å². The molecule has 33 heavy (non-hydrogen) atoms. The topological polar surface area (TPSA) is 61.4 Å². The molecule has 172 valence electrons. The molecule has 1 aliphatic heterocycles. The fraction of sp³-hybridized carbons (Fsp3) is 0.346. The van der Waals surface area contributed by atoms with Crippen molar-refractivity contribution in [3.63, 3.8) is 0 Å². The van der Waals surface area contributed by atoms with Gasteiger partial charge in [0.25, 0.3) is 5.91 Å². The Labute approximate surface area is 200 Å². The molecular weight excluding hydrogens is 430 g/mol. The van der Waals surface area contributed by atoms with E-state index in [4.69, 9.17) is 9.97 Å². The Morgan fingerprint density at radius 1 is 1.00 bits per heavy atom. The number of thioether (sulfide) groups is 1. The lowest BCUT2D eigenvalue weighted by molar-refractivity contribution is 0.0943. The number of hydrogen-bond acceptors (Lipinski definition) is 6. The maximum Gasteiger partial charge on any atom is 0.251 e. The Morgan fingerprint density at radius 3 is 2.48 bits per heavy atom. The number of hydrogen-bond donors (Lipinski definition) is 1. The number of anilines is 1. The molecular formula is C26H31N5OS. The number of nitrogens with one attached hydrogen (secondary N) is 1. The van der Waals surface area contributed by atoms with E-state index in [-0.39, 0.29) is 11.9 Å². The maximum absolute atomic E-state index is 12.4. The van der Waals surface area contributed by atoms with Crippen molar-refractivity contribution in [2.24, 2.45) is 0 Å². The first kappa shape index (κ1) is 23.3. The molecule has 1 N–H and O–H groups in total. The Hall–Kier alpha value is -2.90. The minimum atomic E-state index is -0.0449. The van der Waals surface area contributed by atoms with Crippen LogP contribution in [0.25, 0.3) is 11.3 Å². The summed E-state index contributed by atoms with van der Waals surface area (Å²) in [7, 11) is 2.16. The smallest absolute Gasteiger partial charge is 0.251 e. The number of nitrogens with zero attached hydrogens (tertiary/aromatic N) is 4. The summed E-state index contributed by atoms with van der Waals surface area (Å²) in [6.45, 7) is 7.90. The zero-order valence-electron chi connectivity index (χ0n) is 19.5. The molecule has 3 aromatic rings. The zero-order chi connectivity index (χ0) is 23.2. The predicted molar refractivity (Wildman–Crippen MR) is 136 cm³/mol. The highest BCUT2D eigenvalue weighted by Crippen LogP contribution is 2.28. The molecule has 1 saturated heterocycles. The summed E-state index contributed by atoms with van der Waals surface area (Å²) in [5.41, 5.74) is 3.78. The van der Waals surface area contributed by atoms with Gasteiger partial charge in [0.2, 0.25) is 0 Å². The molecule has 0 aliphatic carbocycles. The Morgan fingerprint density at radius 2 is 1.76 bits per heavy atom. The number of amides is 1. The molecule has 1 aromatic heterocycles. The van der Waals surface area contributed by atoms with E-state index in [1.807, 2.05) is 56.3 Å². The minimum Gasteiger partial charge on any atom is -0.354 e. The van der Waals surface area contributed by atoms with E-state index >= 15 is 0 Å². The third kappa shape index (κ3) is 6.33. The average Bonchev–Trinajstić information content (AvgIpc) is 2.83. The van der Waals surface area contributed by atoms with E-state index < -0.39 is 0 Å². The predicted octanol–water partition coefficient (Wildman–Crippen LogP) is 4.33. The number of likely N-dealkylation sites (N-methyl/N-ethyl adjacent to an activating group) is 1. The van der Waals surface area contributed by atoms with E-state index in [9.17, 15) is 4.79 Å². The number of aromatic nitrogens is 2. The van der Waals surface area contributed by atoms with Crippen molar-refractivity contribution >= 4 is 23.5 Å². The van der Waals surface area contributed by atoms with Crippen LogP contribution in [0.3, 0.4) is 0 Å². The minimum absolute atomic E-state index is 0.0449. The van der Waals surface area contributed by atoms with Crippen molar-refractivity contribution in [2.45, 2.75) is 30.8 Å². The zero-order valence-corrected chi connectivity index (χ0v) is 20.3. The lowest BCUT2D eigenvalue weighted by atomic mass is 10.1. The summed E-state index contributed by atoms with van der Waals surface area (Å²) in [5.74, 6) is 1.63. The van der Waals surface area contributed by atoms with E-state index in [2.05, 4.69) is 40.4 Å². The second-order valence-corrected chi connectivity index (χ2v) is 9.61. The van der Waals surface area contributed by atoms with Crippen LogP contribution in [0.5, 0.6) is 0 Å². The lowest BCUT2D eigenvalue weighted by Gasteiger charge is -2.33. The monoisotopic (exact) mass is 461 g/mol. The number of carbonyl (C=O) groups excluding carboxylic acids is 1. The maximum atomic E-state index is 12.4. The fourth-order valence-corrected chi connectivity index (χ4v) is 4.52. The highest BCUT2D eigenvalue weighted by molar-refractivity contribution is 7.98.